The standard InChI is InChI=1S/C15H17NO3S2/c1-3-7-16-14(18)13(21-15(16)20)9-10-5-6-11(17)12(8-10)19-4-2/h5-6,8-9,17H,3-4,7H2,1-2H3/b13-9-. The van der Waals surface area contributed by atoms with Gasteiger partial charge in [0.2, 0.25) is 0 Å². The van der Waals surface area contributed by atoms with Gasteiger partial charge in [-0.25, -0.2) is 0 Å². The van der Waals surface area contributed by atoms with Crippen molar-refractivity contribution in [2.75, 3.05) is 13.2 Å². The number of carbonyl (C=O) groups excluding carboxylic acids is 1. The van der Waals surface area contributed by atoms with Crippen molar-refractivity contribution in [1.82, 2.24) is 4.90 Å². The maximum Gasteiger partial charge on any atom is 0.266 e. The van der Waals surface area contributed by atoms with E-state index in [1.165, 1.54) is 11.8 Å². The van der Waals surface area contributed by atoms with Crippen LogP contribution in [0, 0.1) is 0 Å². The third-order valence-corrected chi connectivity index (χ3v) is 4.28. The summed E-state index contributed by atoms with van der Waals surface area (Å²) in [6.45, 7) is 4.97. The zero-order chi connectivity index (χ0) is 15.4. The molecule has 1 saturated heterocycles. The summed E-state index contributed by atoms with van der Waals surface area (Å²) >= 11 is 6.53. The summed E-state index contributed by atoms with van der Waals surface area (Å²) in [5.41, 5.74) is 0.799. The lowest BCUT2D eigenvalue weighted by atomic mass is 10.2. The van der Waals surface area contributed by atoms with Crippen LogP contribution in [0.3, 0.4) is 0 Å². The molecule has 1 amide bonds. The second-order valence-electron chi connectivity index (χ2n) is 4.49. The van der Waals surface area contributed by atoms with Gasteiger partial charge in [-0.1, -0.05) is 37.0 Å². The highest BCUT2D eigenvalue weighted by Crippen LogP contribution is 2.34. The number of thioether (sulfide) groups is 1. The fourth-order valence-corrected chi connectivity index (χ4v) is 3.27. The van der Waals surface area contributed by atoms with E-state index in [-0.39, 0.29) is 11.7 Å². The summed E-state index contributed by atoms with van der Waals surface area (Å²) in [6.07, 6.45) is 2.64. The number of hydrogen-bond donors (Lipinski definition) is 1. The fraction of sp³-hybridized carbons (Fsp3) is 0.333. The first-order valence-corrected chi connectivity index (χ1v) is 8.00. The minimum absolute atomic E-state index is 0.0575. The van der Waals surface area contributed by atoms with Gasteiger partial charge in [-0.2, -0.15) is 0 Å². The van der Waals surface area contributed by atoms with Crippen LogP contribution in [0.4, 0.5) is 0 Å². The molecule has 0 unspecified atom stereocenters. The molecular formula is C15H17NO3S2. The van der Waals surface area contributed by atoms with Gasteiger partial charge in [0.25, 0.3) is 5.91 Å². The van der Waals surface area contributed by atoms with Gasteiger partial charge in [-0.15, -0.1) is 0 Å². The van der Waals surface area contributed by atoms with Crippen molar-refractivity contribution in [3.63, 3.8) is 0 Å². The number of thiocarbonyl (C=S) groups is 1. The zero-order valence-electron chi connectivity index (χ0n) is 12.0. The monoisotopic (exact) mass is 323 g/mol. The van der Waals surface area contributed by atoms with Crippen LogP contribution in [0.1, 0.15) is 25.8 Å². The molecule has 0 aromatic heterocycles. The van der Waals surface area contributed by atoms with E-state index in [0.717, 1.165) is 12.0 Å². The number of phenolic OH excluding ortho intramolecular Hbond substituents is 1. The average Bonchev–Trinajstić information content (AvgIpc) is 2.71. The van der Waals surface area contributed by atoms with Gasteiger partial charge in [0.1, 0.15) is 4.32 Å². The van der Waals surface area contributed by atoms with Crippen molar-refractivity contribution < 1.29 is 14.6 Å². The number of phenols is 1. The minimum atomic E-state index is -0.0575. The van der Waals surface area contributed by atoms with Crippen molar-refractivity contribution in [3.8, 4) is 11.5 Å². The maximum absolute atomic E-state index is 12.3. The van der Waals surface area contributed by atoms with Crippen LogP contribution in [0.25, 0.3) is 6.08 Å². The molecule has 1 heterocycles. The Morgan fingerprint density at radius 1 is 1.43 bits per heavy atom. The minimum Gasteiger partial charge on any atom is -0.504 e. The molecule has 0 saturated carbocycles. The number of aromatic hydroxyl groups is 1. The number of hydrogen-bond acceptors (Lipinski definition) is 5. The van der Waals surface area contributed by atoms with Gasteiger partial charge in [0.05, 0.1) is 11.5 Å². The Morgan fingerprint density at radius 2 is 2.19 bits per heavy atom. The van der Waals surface area contributed by atoms with Crippen LogP contribution in [-0.2, 0) is 4.79 Å². The van der Waals surface area contributed by atoms with E-state index < -0.39 is 0 Å². The predicted molar refractivity (Wildman–Crippen MR) is 89.4 cm³/mol. The van der Waals surface area contributed by atoms with E-state index in [0.29, 0.717) is 28.1 Å². The van der Waals surface area contributed by atoms with E-state index in [9.17, 15) is 9.90 Å². The lowest BCUT2D eigenvalue weighted by Crippen LogP contribution is -2.28. The predicted octanol–water partition coefficient (Wildman–Crippen LogP) is 3.40. The number of amides is 1. The van der Waals surface area contributed by atoms with Gasteiger partial charge in [0, 0.05) is 6.54 Å². The summed E-state index contributed by atoms with van der Waals surface area (Å²) in [6, 6.07) is 5.01. The van der Waals surface area contributed by atoms with Crippen molar-refractivity contribution in [2.24, 2.45) is 0 Å². The van der Waals surface area contributed by atoms with Crippen molar-refractivity contribution in [3.05, 3.63) is 28.7 Å². The normalized spacial score (nSPS) is 16.9. The average molecular weight is 323 g/mol. The van der Waals surface area contributed by atoms with Crippen LogP contribution in [0.15, 0.2) is 23.1 Å². The second-order valence-corrected chi connectivity index (χ2v) is 6.17. The number of nitrogens with zero attached hydrogens (tertiary/aromatic N) is 1. The smallest absolute Gasteiger partial charge is 0.266 e. The van der Waals surface area contributed by atoms with Gasteiger partial charge in [0.15, 0.2) is 11.5 Å². The van der Waals surface area contributed by atoms with Gasteiger partial charge >= 0.3 is 0 Å². The highest BCUT2D eigenvalue weighted by Gasteiger charge is 2.31. The molecule has 1 N–H and O–H groups in total. The number of rotatable bonds is 5. The summed E-state index contributed by atoms with van der Waals surface area (Å²) in [7, 11) is 0. The summed E-state index contributed by atoms with van der Waals surface area (Å²) in [5, 5.41) is 9.69. The molecule has 1 aliphatic heterocycles. The topological polar surface area (TPSA) is 49.8 Å². The van der Waals surface area contributed by atoms with Crippen molar-refractivity contribution >= 4 is 40.3 Å². The third kappa shape index (κ3) is 3.57. The Hall–Kier alpha value is -1.53. The summed E-state index contributed by atoms with van der Waals surface area (Å²) in [5.74, 6) is 0.445. The van der Waals surface area contributed by atoms with E-state index in [1.807, 2.05) is 13.8 Å². The zero-order valence-corrected chi connectivity index (χ0v) is 13.6. The molecule has 21 heavy (non-hydrogen) atoms. The first kappa shape index (κ1) is 15.9. The van der Waals surface area contributed by atoms with E-state index in [2.05, 4.69) is 0 Å². The Kier molecular flexibility index (Phi) is 5.25. The Morgan fingerprint density at radius 3 is 2.86 bits per heavy atom. The van der Waals surface area contributed by atoms with Crippen LogP contribution < -0.4 is 4.74 Å². The van der Waals surface area contributed by atoms with E-state index >= 15 is 0 Å². The molecule has 6 heteroatoms. The fourth-order valence-electron chi connectivity index (χ4n) is 1.96. The summed E-state index contributed by atoms with van der Waals surface area (Å²) < 4.78 is 5.94. The second kappa shape index (κ2) is 6.95. The van der Waals surface area contributed by atoms with Gasteiger partial charge in [-0.05, 0) is 37.1 Å². The summed E-state index contributed by atoms with van der Waals surface area (Å²) in [4.78, 5) is 14.5. The molecule has 1 aliphatic rings. The highest BCUT2D eigenvalue weighted by molar-refractivity contribution is 8.26. The molecular weight excluding hydrogens is 306 g/mol. The third-order valence-electron chi connectivity index (χ3n) is 2.90. The molecule has 0 atom stereocenters. The number of benzene rings is 1. The maximum atomic E-state index is 12.3. The van der Waals surface area contributed by atoms with Crippen LogP contribution in [0.5, 0.6) is 11.5 Å². The molecule has 0 aliphatic carbocycles. The SMILES string of the molecule is CCCN1C(=O)/C(=C/c2ccc(O)c(OCC)c2)SC1=S. The van der Waals surface area contributed by atoms with Crippen LogP contribution >= 0.6 is 24.0 Å². The van der Waals surface area contributed by atoms with Gasteiger partial charge < -0.3 is 9.84 Å². The van der Waals surface area contributed by atoms with Crippen molar-refractivity contribution in [2.45, 2.75) is 20.3 Å². The number of ether oxygens (including phenoxy) is 1. The highest BCUT2D eigenvalue weighted by atomic mass is 32.2. The molecule has 2 rings (SSSR count). The first-order chi connectivity index (χ1) is 10.1. The quantitative estimate of drug-likeness (QED) is 0.665. The van der Waals surface area contributed by atoms with Crippen LogP contribution in [0.2, 0.25) is 0 Å². The lowest BCUT2D eigenvalue weighted by Gasteiger charge is -2.12. The first-order valence-electron chi connectivity index (χ1n) is 6.78. The number of carbonyl (C=O) groups is 1. The molecule has 0 radical (unpaired) electrons. The van der Waals surface area contributed by atoms with E-state index in [4.69, 9.17) is 17.0 Å². The molecule has 112 valence electrons. The molecule has 1 fully saturated rings. The van der Waals surface area contributed by atoms with Crippen LogP contribution in [-0.4, -0.2) is 33.4 Å². The van der Waals surface area contributed by atoms with E-state index in [1.54, 1.807) is 29.2 Å². The molecule has 4 nitrogen and oxygen atoms in total. The molecule has 1 aromatic carbocycles. The molecule has 0 bridgehead atoms. The Balaban J connectivity index is 2.26. The largest absolute Gasteiger partial charge is 0.504 e. The Labute approximate surface area is 133 Å². The van der Waals surface area contributed by atoms with Crippen molar-refractivity contribution in [1.29, 1.82) is 0 Å². The lowest BCUT2D eigenvalue weighted by molar-refractivity contribution is -0.122. The molecule has 1 aromatic rings. The Bertz CT molecular complexity index is 599. The molecule has 0 spiro atoms. The van der Waals surface area contributed by atoms with Gasteiger partial charge in [-0.3, -0.25) is 9.69 Å².